The van der Waals surface area contributed by atoms with Crippen LogP contribution in [0.3, 0.4) is 0 Å². The first kappa shape index (κ1) is 19.8. The van der Waals surface area contributed by atoms with Gasteiger partial charge in [-0.25, -0.2) is 9.59 Å². The van der Waals surface area contributed by atoms with Crippen molar-refractivity contribution in [3.8, 4) is 0 Å². The van der Waals surface area contributed by atoms with E-state index in [-0.39, 0.29) is 17.5 Å². The van der Waals surface area contributed by atoms with E-state index < -0.39 is 5.97 Å². The predicted molar refractivity (Wildman–Crippen MR) is 98.2 cm³/mol. The molecule has 1 N–H and O–H groups in total. The zero-order chi connectivity index (χ0) is 19.1. The summed E-state index contributed by atoms with van der Waals surface area (Å²) in [6.45, 7) is 7.55. The van der Waals surface area contributed by atoms with Gasteiger partial charge in [-0.05, 0) is 38.0 Å². The monoisotopic (exact) mass is 361 g/mol. The Balaban J connectivity index is 1.79. The molecule has 0 spiro atoms. The van der Waals surface area contributed by atoms with Crippen LogP contribution in [0.4, 0.5) is 4.79 Å². The largest absolute Gasteiger partial charge is 0.478 e. The molecule has 1 fully saturated rings. The van der Waals surface area contributed by atoms with Crippen LogP contribution in [0.5, 0.6) is 0 Å². The quantitative estimate of drug-likeness (QED) is 0.839. The molecule has 3 amide bonds. The molecule has 1 aliphatic heterocycles. The van der Waals surface area contributed by atoms with Gasteiger partial charge in [0, 0.05) is 45.7 Å². The molecule has 1 aromatic carbocycles. The number of amides is 3. The van der Waals surface area contributed by atoms with Crippen molar-refractivity contribution >= 4 is 17.9 Å². The first-order valence-corrected chi connectivity index (χ1v) is 9.10. The minimum atomic E-state index is -0.954. The van der Waals surface area contributed by atoms with Crippen molar-refractivity contribution in [2.75, 3.05) is 39.3 Å². The summed E-state index contributed by atoms with van der Waals surface area (Å²) in [5.74, 6) is -0.882. The molecule has 1 saturated heterocycles. The fraction of sp³-hybridized carbons (Fsp3) is 0.526. The Hall–Kier alpha value is -2.57. The molecular weight excluding hydrogens is 334 g/mol. The predicted octanol–water partition coefficient (Wildman–Crippen LogP) is 1.92. The van der Waals surface area contributed by atoms with E-state index in [9.17, 15) is 14.4 Å². The molecule has 26 heavy (non-hydrogen) atoms. The second-order valence-electron chi connectivity index (χ2n) is 6.32. The van der Waals surface area contributed by atoms with Crippen LogP contribution in [0.2, 0.25) is 0 Å². The highest BCUT2D eigenvalue weighted by Gasteiger charge is 2.25. The van der Waals surface area contributed by atoms with Gasteiger partial charge in [-0.15, -0.1) is 0 Å². The summed E-state index contributed by atoms with van der Waals surface area (Å²) in [5.41, 5.74) is 1.19. The molecule has 142 valence electrons. The third-order valence-electron chi connectivity index (χ3n) is 4.77. The van der Waals surface area contributed by atoms with Crippen LogP contribution in [0.1, 0.15) is 36.2 Å². The van der Waals surface area contributed by atoms with Crippen LogP contribution in [-0.4, -0.2) is 77.0 Å². The van der Waals surface area contributed by atoms with Crippen molar-refractivity contribution < 1.29 is 19.5 Å². The molecule has 0 unspecified atom stereocenters. The summed E-state index contributed by atoms with van der Waals surface area (Å²) >= 11 is 0. The molecule has 0 atom stereocenters. The maximum Gasteiger partial charge on any atom is 0.335 e. The Morgan fingerprint density at radius 1 is 0.962 bits per heavy atom. The number of carbonyl (C=O) groups is 3. The van der Waals surface area contributed by atoms with Crippen molar-refractivity contribution in [2.24, 2.45) is 0 Å². The number of hydrogen-bond donors (Lipinski definition) is 1. The van der Waals surface area contributed by atoms with Crippen molar-refractivity contribution in [2.45, 2.75) is 26.7 Å². The van der Waals surface area contributed by atoms with Gasteiger partial charge in [0.1, 0.15) is 0 Å². The van der Waals surface area contributed by atoms with E-state index in [0.29, 0.717) is 52.1 Å². The molecular formula is C19H27N3O4. The number of carbonyl (C=O) groups excluding carboxylic acids is 2. The Morgan fingerprint density at radius 3 is 2.00 bits per heavy atom. The second-order valence-corrected chi connectivity index (χ2v) is 6.32. The third-order valence-corrected chi connectivity index (χ3v) is 4.77. The summed E-state index contributed by atoms with van der Waals surface area (Å²) in [7, 11) is 0. The third kappa shape index (κ3) is 4.97. The van der Waals surface area contributed by atoms with E-state index in [2.05, 4.69) is 0 Å². The summed E-state index contributed by atoms with van der Waals surface area (Å²) in [5, 5.41) is 8.90. The van der Waals surface area contributed by atoms with E-state index >= 15 is 0 Å². The minimum absolute atomic E-state index is 0.0422. The highest BCUT2D eigenvalue weighted by atomic mass is 16.4. The number of piperazine rings is 1. The maximum absolute atomic E-state index is 12.4. The molecule has 2 rings (SSSR count). The van der Waals surface area contributed by atoms with Crippen LogP contribution in [0, 0.1) is 0 Å². The van der Waals surface area contributed by atoms with Gasteiger partial charge in [0.2, 0.25) is 5.91 Å². The van der Waals surface area contributed by atoms with Crippen molar-refractivity contribution in [1.82, 2.24) is 14.7 Å². The molecule has 7 nitrogen and oxygen atoms in total. The van der Waals surface area contributed by atoms with Crippen LogP contribution < -0.4 is 0 Å². The van der Waals surface area contributed by atoms with E-state index in [4.69, 9.17) is 5.11 Å². The first-order chi connectivity index (χ1) is 12.5. The molecule has 7 heteroatoms. The lowest BCUT2D eigenvalue weighted by atomic mass is 10.1. The smallest absolute Gasteiger partial charge is 0.335 e. The van der Waals surface area contributed by atoms with Gasteiger partial charge in [-0.3, -0.25) is 4.79 Å². The SMILES string of the molecule is CCN(CC)C(=O)N1CCN(C(=O)CCc2ccc(C(=O)O)cc2)CC1. The fourth-order valence-electron chi connectivity index (χ4n) is 3.06. The lowest BCUT2D eigenvalue weighted by Gasteiger charge is -2.37. The van der Waals surface area contributed by atoms with Crippen LogP contribution >= 0.6 is 0 Å². The van der Waals surface area contributed by atoms with Crippen LogP contribution in [0.15, 0.2) is 24.3 Å². The molecule has 0 aromatic heterocycles. The van der Waals surface area contributed by atoms with Crippen molar-refractivity contribution in [1.29, 1.82) is 0 Å². The number of aromatic carboxylic acids is 1. The molecule has 1 aromatic rings. The van der Waals surface area contributed by atoms with E-state index in [1.165, 1.54) is 0 Å². The zero-order valence-corrected chi connectivity index (χ0v) is 15.5. The minimum Gasteiger partial charge on any atom is -0.478 e. The Labute approximate surface area is 154 Å². The van der Waals surface area contributed by atoms with Crippen LogP contribution in [0.25, 0.3) is 0 Å². The molecule has 1 aliphatic rings. The number of aryl methyl sites for hydroxylation is 1. The second kappa shape index (κ2) is 9.22. The van der Waals surface area contributed by atoms with Crippen molar-refractivity contribution in [3.05, 3.63) is 35.4 Å². The fourth-order valence-corrected chi connectivity index (χ4v) is 3.06. The number of carboxylic acid groups (broad SMARTS) is 1. The zero-order valence-electron chi connectivity index (χ0n) is 15.5. The summed E-state index contributed by atoms with van der Waals surface area (Å²) in [6.07, 6.45) is 0.966. The average Bonchev–Trinajstić information content (AvgIpc) is 2.67. The Morgan fingerprint density at radius 2 is 1.50 bits per heavy atom. The highest BCUT2D eigenvalue weighted by Crippen LogP contribution is 2.11. The molecule has 0 aliphatic carbocycles. The number of nitrogens with zero attached hydrogens (tertiary/aromatic N) is 3. The lowest BCUT2D eigenvalue weighted by Crippen LogP contribution is -2.54. The average molecular weight is 361 g/mol. The molecule has 0 bridgehead atoms. The van der Waals surface area contributed by atoms with Crippen molar-refractivity contribution in [3.63, 3.8) is 0 Å². The first-order valence-electron chi connectivity index (χ1n) is 9.10. The van der Waals surface area contributed by atoms with Gasteiger partial charge in [0.05, 0.1) is 5.56 Å². The van der Waals surface area contributed by atoms with Gasteiger partial charge < -0.3 is 19.8 Å². The van der Waals surface area contributed by atoms with Gasteiger partial charge >= 0.3 is 12.0 Å². The van der Waals surface area contributed by atoms with E-state index in [1.54, 1.807) is 39.0 Å². The Bertz CT molecular complexity index is 633. The standard InChI is InChI=1S/C19H27N3O4/c1-3-20(4-2)19(26)22-13-11-21(12-14-22)17(23)10-7-15-5-8-16(9-6-15)18(24)25/h5-6,8-9H,3-4,7,10-14H2,1-2H3,(H,24,25). The summed E-state index contributed by atoms with van der Waals surface area (Å²) in [4.78, 5) is 41.0. The molecule has 1 heterocycles. The van der Waals surface area contributed by atoms with E-state index in [0.717, 1.165) is 5.56 Å². The lowest BCUT2D eigenvalue weighted by molar-refractivity contribution is -0.132. The number of rotatable bonds is 6. The molecule has 0 radical (unpaired) electrons. The van der Waals surface area contributed by atoms with Crippen LogP contribution in [-0.2, 0) is 11.2 Å². The van der Waals surface area contributed by atoms with Gasteiger partial charge in [0.25, 0.3) is 0 Å². The number of benzene rings is 1. The number of hydrogen-bond acceptors (Lipinski definition) is 3. The topological polar surface area (TPSA) is 81.2 Å². The van der Waals surface area contributed by atoms with Gasteiger partial charge in [0.15, 0.2) is 0 Å². The Kier molecular flexibility index (Phi) is 7.00. The number of urea groups is 1. The molecule has 0 saturated carbocycles. The normalized spacial score (nSPS) is 14.2. The van der Waals surface area contributed by atoms with Gasteiger partial charge in [-0.1, -0.05) is 12.1 Å². The highest BCUT2D eigenvalue weighted by molar-refractivity contribution is 5.87. The summed E-state index contributed by atoms with van der Waals surface area (Å²) in [6, 6.07) is 6.65. The van der Waals surface area contributed by atoms with Gasteiger partial charge in [-0.2, -0.15) is 0 Å². The maximum atomic E-state index is 12.4. The number of carboxylic acids is 1. The summed E-state index contributed by atoms with van der Waals surface area (Å²) < 4.78 is 0. The van der Waals surface area contributed by atoms with E-state index in [1.807, 2.05) is 13.8 Å².